The van der Waals surface area contributed by atoms with Crippen LogP contribution in [0.1, 0.15) is 32.6 Å². The van der Waals surface area contributed by atoms with Gasteiger partial charge in [0.05, 0.1) is 0 Å². The van der Waals surface area contributed by atoms with E-state index < -0.39 is 0 Å². The maximum absolute atomic E-state index is 9.14. The number of aliphatic hydroxyl groups excluding tert-OH is 2. The second kappa shape index (κ2) is 3.55. The number of hydrogen-bond donors (Lipinski definition) is 2. The van der Waals surface area contributed by atoms with Crippen molar-refractivity contribution in [1.82, 2.24) is 0 Å². The van der Waals surface area contributed by atoms with Crippen molar-refractivity contribution in [2.24, 2.45) is 11.3 Å². The van der Waals surface area contributed by atoms with E-state index >= 15 is 0 Å². The molecule has 11 heavy (non-hydrogen) atoms. The molecule has 0 radical (unpaired) electrons. The van der Waals surface area contributed by atoms with E-state index in [-0.39, 0.29) is 18.6 Å². The van der Waals surface area contributed by atoms with Crippen LogP contribution in [0.25, 0.3) is 0 Å². The summed E-state index contributed by atoms with van der Waals surface area (Å²) in [6, 6.07) is 0. The Labute approximate surface area is 68.2 Å². The van der Waals surface area contributed by atoms with Gasteiger partial charge in [-0.3, -0.25) is 0 Å². The summed E-state index contributed by atoms with van der Waals surface area (Å²) in [4.78, 5) is 0. The van der Waals surface area contributed by atoms with Crippen LogP contribution in [0.2, 0.25) is 0 Å². The fourth-order valence-corrected chi connectivity index (χ4v) is 1.99. The van der Waals surface area contributed by atoms with Gasteiger partial charge >= 0.3 is 0 Å². The molecular formula is C9H18O2. The average molecular weight is 158 g/mol. The Morgan fingerprint density at radius 3 is 2.55 bits per heavy atom. The summed E-state index contributed by atoms with van der Waals surface area (Å²) < 4.78 is 0. The number of hydrogen-bond acceptors (Lipinski definition) is 2. The van der Waals surface area contributed by atoms with Crippen molar-refractivity contribution in [1.29, 1.82) is 0 Å². The first-order valence-corrected chi connectivity index (χ1v) is 4.44. The highest BCUT2D eigenvalue weighted by Crippen LogP contribution is 2.39. The third kappa shape index (κ3) is 1.74. The van der Waals surface area contributed by atoms with Gasteiger partial charge in [0.1, 0.15) is 0 Å². The minimum Gasteiger partial charge on any atom is -0.396 e. The zero-order valence-electron chi connectivity index (χ0n) is 7.21. The maximum atomic E-state index is 9.14. The summed E-state index contributed by atoms with van der Waals surface area (Å²) in [7, 11) is 0. The molecule has 2 nitrogen and oxygen atoms in total. The second-order valence-electron chi connectivity index (χ2n) is 3.94. The van der Waals surface area contributed by atoms with Gasteiger partial charge in [0.15, 0.2) is 0 Å². The van der Waals surface area contributed by atoms with E-state index in [9.17, 15) is 0 Å². The smallest absolute Gasteiger partial charge is 0.0488 e. The van der Waals surface area contributed by atoms with Crippen LogP contribution >= 0.6 is 0 Å². The number of rotatable bonds is 2. The molecule has 2 N–H and O–H groups in total. The highest BCUT2D eigenvalue weighted by atomic mass is 16.3. The molecule has 0 saturated heterocycles. The zero-order valence-corrected chi connectivity index (χ0v) is 7.21. The van der Waals surface area contributed by atoms with E-state index in [4.69, 9.17) is 10.2 Å². The Morgan fingerprint density at radius 2 is 2.09 bits per heavy atom. The van der Waals surface area contributed by atoms with E-state index in [0.717, 1.165) is 12.8 Å². The minimum atomic E-state index is -0.00694. The van der Waals surface area contributed by atoms with Crippen LogP contribution in [-0.2, 0) is 0 Å². The Kier molecular flexibility index (Phi) is 2.90. The lowest BCUT2D eigenvalue weighted by Crippen LogP contribution is -2.36. The predicted molar refractivity (Wildman–Crippen MR) is 44.2 cm³/mol. The van der Waals surface area contributed by atoms with Crippen molar-refractivity contribution in [2.45, 2.75) is 32.6 Å². The lowest BCUT2D eigenvalue weighted by Gasteiger charge is -2.39. The van der Waals surface area contributed by atoms with Gasteiger partial charge in [0.25, 0.3) is 0 Å². The fourth-order valence-electron chi connectivity index (χ4n) is 1.99. The topological polar surface area (TPSA) is 40.5 Å². The van der Waals surface area contributed by atoms with E-state index in [1.165, 1.54) is 12.8 Å². The van der Waals surface area contributed by atoms with Crippen molar-refractivity contribution < 1.29 is 10.2 Å². The largest absolute Gasteiger partial charge is 0.396 e. The van der Waals surface area contributed by atoms with Gasteiger partial charge in [0.2, 0.25) is 0 Å². The Balaban J connectivity index is 2.57. The molecule has 1 rings (SSSR count). The molecule has 1 aliphatic carbocycles. The Bertz CT molecular complexity index is 125. The lowest BCUT2D eigenvalue weighted by molar-refractivity contribution is 0.00901. The van der Waals surface area contributed by atoms with Crippen molar-refractivity contribution in [3.8, 4) is 0 Å². The van der Waals surface area contributed by atoms with E-state index in [2.05, 4.69) is 6.92 Å². The first-order valence-electron chi connectivity index (χ1n) is 4.44. The van der Waals surface area contributed by atoms with Gasteiger partial charge in [-0.2, -0.15) is 0 Å². The molecule has 1 unspecified atom stereocenters. The molecule has 0 aromatic heterocycles. The van der Waals surface area contributed by atoms with E-state index in [1.54, 1.807) is 0 Å². The van der Waals surface area contributed by atoms with Crippen molar-refractivity contribution >= 4 is 0 Å². The third-order valence-corrected chi connectivity index (χ3v) is 3.12. The highest BCUT2D eigenvalue weighted by Gasteiger charge is 2.35. The first-order chi connectivity index (χ1) is 5.23. The van der Waals surface area contributed by atoms with Crippen LogP contribution in [0.15, 0.2) is 0 Å². The van der Waals surface area contributed by atoms with Gasteiger partial charge in [0, 0.05) is 13.2 Å². The molecule has 66 valence electrons. The summed E-state index contributed by atoms with van der Waals surface area (Å²) in [6.07, 6.45) is 4.55. The molecule has 0 aromatic rings. The first kappa shape index (κ1) is 9.01. The van der Waals surface area contributed by atoms with E-state index in [1.807, 2.05) is 0 Å². The van der Waals surface area contributed by atoms with Gasteiger partial charge in [-0.25, -0.2) is 0 Å². The quantitative estimate of drug-likeness (QED) is 0.633. The molecule has 0 amide bonds. The van der Waals surface area contributed by atoms with Gasteiger partial charge in [-0.05, 0) is 24.2 Å². The summed E-state index contributed by atoms with van der Waals surface area (Å²) in [5.74, 6) is 0.321. The fraction of sp³-hybridized carbons (Fsp3) is 1.00. The molecule has 1 fully saturated rings. The van der Waals surface area contributed by atoms with Crippen LogP contribution in [0, 0.1) is 11.3 Å². The average Bonchev–Trinajstić information content (AvgIpc) is 2.05. The molecular weight excluding hydrogens is 140 g/mol. The second-order valence-corrected chi connectivity index (χ2v) is 3.94. The predicted octanol–water partition coefficient (Wildman–Crippen LogP) is 1.17. The zero-order chi connectivity index (χ0) is 8.32. The van der Waals surface area contributed by atoms with Crippen LogP contribution in [0.5, 0.6) is 0 Å². The molecule has 1 aliphatic rings. The van der Waals surface area contributed by atoms with Crippen LogP contribution in [0.3, 0.4) is 0 Å². The molecule has 1 saturated carbocycles. The molecule has 0 aromatic carbocycles. The highest BCUT2D eigenvalue weighted by molar-refractivity contribution is 4.85. The summed E-state index contributed by atoms with van der Waals surface area (Å²) >= 11 is 0. The lowest BCUT2D eigenvalue weighted by atomic mass is 9.68. The van der Waals surface area contributed by atoms with Gasteiger partial charge in [-0.15, -0.1) is 0 Å². The molecule has 0 aliphatic heterocycles. The van der Waals surface area contributed by atoms with Crippen LogP contribution in [0.4, 0.5) is 0 Å². The minimum absolute atomic E-state index is 0.00694. The summed E-state index contributed by atoms with van der Waals surface area (Å²) in [6.45, 7) is 2.53. The van der Waals surface area contributed by atoms with Crippen molar-refractivity contribution in [3.05, 3.63) is 0 Å². The normalized spacial score (nSPS) is 39.0. The molecule has 0 bridgehead atoms. The molecule has 0 heterocycles. The van der Waals surface area contributed by atoms with Crippen LogP contribution < -0.4 is 0 Å². The van der Waals surface area contributed by atoms with Crippen LogP contribution in [-0.4, -0.2) is 23.4 Å². The Morgan fingerprint density at radius 1 is 1.36 bits per heavy atom. The van der Waals surface area contributed by atoms with Crippen molar-refractivity contribution in [2.75, 3.05) is 13.2 Å². The van der Waals surface area contributed by atoms with Gasteiger partial charge < -0.3 is 10.2 Å². The maximum Gasteiger partial charge on any atom is 0.0488 e. The van der Waals surface area contributed by atoms with Crippen molar-refractivity contribution in [3.63, 3.8) is 0 Å². The third-order valence-electron chi connectivity index (χ3n) is 3.12. The standard InChI is InChI=1S/C9H18O2/c1-9(7-11)5-3-2-4-8(9)6-10/h8,10-11H,2-7H2,1H3/t8?,9-/m0/s1. The molecule has 0 spiro atoms. The SMILES string of the molecule is C[C@@]1(CO)CCCCC1CO. The Hall–Kier alpha value is -0.0800. The summed E-state index contributed by atoms with van der Waals surface area (Å²) in [5, 5.41) is 18.2. The molecule has 2 atom stereocenters. The monoisotopic (exact) mass is 158 g/mol. The van der Waals surface area contributed by atoms with E-state index in [0.29, 0.717) is 5.92 Å². The van der Waals surface area contributed by atoms with Gasteiger partial charge in [-0.1, -0.05) is 19.8 Å². The summed E-state index contributed by atoms with van der Waals surface area (Å²) in [5.41, 5.74) is -0.00694. The number of aliphatic hydroxyl groups is 2. The molecule has 2 heteroatoms.